The number of halogens is 2. The summed E-state index contributed by atoms with van der Waals surface area (Å²) in [5.41, 5.74) is 0.958. The largest absolute Gasteiger partial charge is 0.353 e. The lowest BCUT2D eigenvalue weighted by atomic mass is 10.2. The zero-order chi connectivity index (χ0) is 22.4. The van der Waals surface area contributed by atoms with Gasteiger partial charge in [0.1, 0.15) is 5.82 Å². The number of imide groups is 1. The molecule has 0 spiro atoms. The highest BCUT2D eigenvalue weighted by atomic mass is 35.5. The fraction of sp³-hybridized carbons (Fsp3) is 0.143. The lowest BCUT2D eigenvalue weighted by molar-refractivity contribution is -0.124. The van der Waals surface area contributed by atoms with Crippen molar-refractivity contribution in [1.82, 2.24) is 15.5 Å². The van der Waals surface area contributed by atoms with Crippen molar-refractivity contribution in [2.45, 2.75) is 0 Å². The molecule has 1 fully saturated rings. The van der Waals surface area contributed by atoms with Gasteiger partial charge in [-0.15, -0.1) is 0 Å². The van der Waals surface area contributed by atoms with Crippen LogP contribution in [0.15, 0.2) is 53.4 Å². The Morgan fingerprint density at radius 3 is 2.39 bits per heavy atom. The van der Waals surface area contributed by atoms with Gasteiger partial charge in [0, 0.05) is 23.7 Å². The minimum atomic E-state index is -0.482. The molecule has 0 aliphatic carbocycles. The Morgan fingerprint density at radius 2 is 1.71 bits per heavy atom. The van der Waals surface area contributed by atoms with E-state index >= 15 is 0 Å². The smallest absolute Gasteiger partial charge is 0.293 e. The molecular formula is C21H17ClFN3O4S. The van der Waals surface area contributed by atoms with Crippen LogP contribution in [0.5, 0.6) is 0 Å². The van der Waals surface area contributed by atoms with Gasteiger partial charge in [0.2, 0.25) is 5.91 Å². The van der Waals surface area contributed by atoms with Crippen molar-refractivity contribution in [2.75, 3.05) is 19.6 Å². The highest BCUT2D eigenvalue weighted by molar-refractivity contribution is 8.18. The predicted molar refractivity (Wildman–Crippen MR) is 116 cm³/mol. The van der Waals surface area contributed by atoms with Gasteiger partial charge in [0.25, 0.3) is 17.1 Å². The third-order valence-corrected chi connectivity index (χ3v) is 5.37. The lowest BCUT2D eigenvalue weighted by Gasteiger charge is -2.13. The van der Waals surface area contributed by atoms with Gasteiger partial charge in [-0.1, -0.05) is 23.7 Å². The van der Waals surface area contributed by atoms with Crippen LogP contribution in [0, 0.1) is 5.82 Å². The highest BCUT2D eigenvalue weighted by Gasteiger charge is 2.34. The van der Waals surface area contributed by atoms with Crippen LogP contribution in [-0.2, 0) is 9.59 Å². The Labute approximate surface area is 186 Å². The molecule has 1 aliphatic rings. The van der Waals surface area contributed by atoms with Crippen molar-refractivity contribution in [3.63, 3.8) is 0 Å². The van der Waals surface area contributed by atoms with E-state index in [1.165, 1.54) is 42.5 Å². The maximum Gasteiger partial charge on any atom is 0.293 e. The van der Waals surface area contributed by atoms with Crippen molar-refractivity contribution in [2.24, 2.45) is 0 Å². The molecule has 1 saturated heterocycles. The second-order valence-electron chi connectivity index (χ2n) is 6.42. The summed E-state index contributed by atoms with van der Waals surface area (Å²) in [7, 11) is 0. The van der Waals surface area contributed by atoms with E-state index in [1.807, 2.05) is 0 Å². The number of carbonyl (C=O) groups is 4. The summed E-state index contributed by atoms with van der Waals surface area (Å²) in [6.45, 7) is -0.229. The molecular weight excluding hydrogens is 445 g/mol. The van der Waals surface area contributed by atoms with E-state index in [2.05, 4.69) is 10.6 Å². The third kappa shape index (κ3) is 6.16. The molecule has 0 unspecified atom stereocenters. The molecule has 0 atom stereocenters. The number of nitrogens with zero attached hydrogens (tertiary/aromatic N) is 1. The van der Waals surface area contributed by atoms with Crippen molar-refractivity contribution in [3.05, 3.63) is 75.4 Å². The van der Waals surface area contributed by atoms with Crippen LogP contribution in [0.3, 0.4) is 0 Å². The molecule has 1 aliphatic heterocycles. The van der Waals surface area contributed by atoms with Crippen LogP contribution < -0.4 is 10.6 Å². The monoisotopic (exact) mass is 461 g/mol. The van der Waals surface area contributed by atoms with Crippen LogP contribution in [0.4, 0.5) is 9.18 Å². The van der Waals surface area contributed by atoms with E-state index in [0.29, 0.717) is 16.1 Å². The molecule has 0 saturated carbocycles. The second-order valence-corrected chi connectivity index (χ2v) is 7.85. The molecule has 10 heteroatoms. The Morgan fingerprint density at radius 1 is 1.03 bits per heavy atom. The molecule has 7 nitrogen and oxygen atoms in total. The van der Waals surface area contributed by atoms with Crippen LogP contribution in [0.25, 0.3) is 6.08 Å². The summed E-state index contributed by atoms with van der Waals surface area (Å²) in [6, 6.07) is 11.7. The molecule has 2 aromatic rings. The van der Waals surface area contributed by atoms with E-state index < -0.39 is 28.8 Å². The highest BCUT2D eigenvalue weighted by Crippen LogP contribution is 2.31. The lowest BCUT2D eigenvalue weighted by Crippen LogP contribution is -2.41. The third-order valence-electron chi connectivity index (χ3n) is 4.21. The van der Waals surface area contributed by atoms with Gasteiger partial charge in [-0.2, -0.15) is 0 Å². The van der Waals surface area contributed by atoms with Gasteiger partial charge in [-0.05, 0) is 59.8 Å². The molecule has 4 amide bonds. The van der Waals surface area contributed by atoms with Gasteiger partial charge < -0.3 is 10.6 Å². The van der Waals surface area contributed by atoms with E-state index in [0.717, 1.165) is 16.7 Å². The number of amides is 4. The number of nitrogens with one attached hydrogen (secondary N) is 2. The van der Waals surface area contributed by atoms with E-state index in [4.69, 9.17) is 11.6 Å². The second kappa shape index (κ2) is 10.2. The number of carbonyl (C=O) groups excluding carboxylic acids is 4. The standard InChI is InChI=1S/C21H17ClFN3O4S/c22-15-5-3-14(4-6-15)19(28)25-12-18(27)24-9-10-26-20(29)17(31-21(26)30)11-13-1-7-16(23)8-2-13/h1-8,11H,9-10,12H2,(H,24,27)(H,25,28)/b17-11+. The Balaban J connectivity index is 1.45. The molecule has 0 bridgehead atoms. The Kier molecular flexibility index (Phi) is 7.43. The Bertz CT molecular complexity index is 1040. The van der Waals surface area contributed by atoms with Gasteiger partial charge >= 0.3 is 0 Å². The first-order valence-electron chi connectivity index (χ1n) is 9.15. The van der Waals surface area contributed by atoms with Crippen LogP contribution in [0.1, 0.15) is 15.9 Å². The number of rotatable bonds is 7. The molecule has 0 radical (unpaired) electrons. The molecule has 160 valence electrons. The van der Waals surface area contributed by atoms with Gasteiger partial charge in [0.15, 0.2) is 0 Å². The van der Waals surface area contributed by atoms with Crippen molar-refractivity contribution >= 4 is 52.4 Å². The molecule has 1 heterocycles. The first-order valence-corrected chi connectivity index (χ1v) is 10.3. The van der Waals surface area contributed by atoms with E-state index in [-0.39, 0.29) is 24.5 Å². The maximum atomic E-state index is 13.0. The maximum absolute atomic E-state index is 13.0. The fourth-order valence-electron chi connectivity index (χ4n) is 2.64. The van der Waals surface area contributed by atoms with Crippen molar-refractivity contribution < 1.29 is 23.6 Å². The molecule has 3 rings (SSSR count). The summed E-state index contributed by atoms with van der Waals surface area (Å²) in [5, 5.41) is 5.06. The molecule has 2 aromatic carbocycles. The normalized spacial score (nSPS) is 14.8. The summed E-state index contributed by atoms with van der Waals surface area (Å²) >= 11 is 6.54. The predicted octanol–water partition coefficient (Wildman–Crippen LogP) is 3.06. The summed E-state index contributed by atoms with van der Waals surface area (Å²) in [4.78, 5) is 49.7. The average molecular weight is 462 g/mol. The van der Waals surface area contributed by atoms with Crippen LogP contribution >= 0.6 is 23.4 Å². The minimum absolute atomic E-state index is 0.0116. The molecule has 2 N–H and O–H groups in total. The van der Waals surface area contributed by atoms with Gasteiger partial charge in [-0.3, -0.25) is 24.1 Å². The number of hydrogen-bond acceptors (Lipinski definition) is 5. The minimum Gasteiger partial charge on any atom is -0.353 e. The van der Waals surface area contributed by atoms with Crippen molar-refractivity contribution in [3.8, 4) is 0 Å². The number of thioether (sulfide) groups is 1. The summed E-state index contributed by atoms with van der Waals surface area (Å²) in [6.07, 6.45) is 1.51. The van der Waals surface area contributed by atoms with Crippen LogP contribution in [-0.4, -0.2) is 47.5 Å². The molecule has 31 heavy (non-hydrogen) atoms. The fourth-order valence-corrected chi connectivity index (χ4v) is 3.63. The van der Waals surface area contributed by atoms with E-state index in [1.54, 1.807) is 12.1 Å². The number of benzene rings is 2. The number of hydrogen-bond donors (Lipinski definition) is 2. The van der Waals surface area contributed by atoms with Gasteiger partial charge in [-0.25, -0.2) is 4.39 Å². The summed E-state index contributed by atoms with van der Waals surface area (Å²) < 4.78 is 13.0. The zero-order valence-corrected chi connectivity index (χ0v) is 17.6. The molecule has 0 aromatic heterocycles. The van der Waals surface area contributed by atoms with E-state index in [9.17, 15) is 23.6 Å². The van der Waals surface area contributed by atoms with Crippen molar-refractivity contribution in [1.29, 1.82) is 0 Å². The summed E-state index contributed by atoms with van der Waals surface area (Å²) in [5.74, 6) is -1.77. The first kappa shape index (κ1) is 22.5. The van der Waals surface area contributed by atoms with Gasteiger partial charge in [0.05, 0.1) is 11.4 Å². The topological polar surface area (TPSA) is 95.6 Å². The quantitative estimate of drug-likeness (QED) is 0.618. The SMILES string of the molecule is O=C(CNC(=O)c1ccc(Cl)cc1)NCCN1C(=O)S/C(=C/c2ccc(F)cc2)C1=O. The van der Waals surface area contributed by atoms with Crippen LogP contribution in [0.2, 0.25) is 5.02 Å². The zero-order valence-electron chi connectivity index (χ0n) is 16.1. The average Bonchev–Trinajstić information content (AvgIpc) is 3.01. The first-order chi connectivity index (χ1) is 14.8. The Hall–Kier alpha value is -3.17.